The fourth-order valence-electron chi connectivity index (χ4n) is 6.47. The van der Waals surface area contributed by atoms with E-state index in [1.807, 2.05) is 12.1 Å². The van der Waals surface area contributed by atoms with Gasteiger partial charge in [-0.05, 0) is 66.1 Å². The van der Waals surface area contributed by atoms with E-state index in [0.29, 0.717) is 5.69 Å². The summed E-state index contributed by atoms with van der Waals surface area (Å²) in [5, 5.41) is 4.96. The summed E-state index contributed by atoms with van der Waals surface area (Å²) in [7, 11) is 0. The number of aromatic nitrogens is 2. The summed E-state index contributed by atoms with van der Waals surface area (Å²) in [5.41, 5.74) is 11.1. The van der Waals surface area contributed by atoms with Crippen molar-refractivity contribution in [2.45, 2.75) is 6.92 Å². The second-order valence-electron chi connectivity index (χ2n) is 10.6. The normalized spacial score (nSPS) is 11.5. The Morgan fingerprint density at radius 1 is 0.537 bits per heavy atom. The highest BCUT2D eigenvalue weighted by atomic mass is 15.0. The first-order valence-corrected chi connectivity index (χ1v) is 13.8. The summed E-state index contributed by atoms with van der Waals surface area (Å²) in [4.78, 5) is 3.64. The Hall–Kier alpha value is -5.59. The summed E-state index contributed by atoms with van der Waals surface area (Å²) in [6.07, 6.45) is 0. The second kappa shape index (κ2) is 8.98. The van der Waals surface area contributed by atoms with Crippen LogP contribution in [0.4, 0.5) is 5.69 Å². The zero-order valence-corrected chi connectivity index (χ0v) is 22.5. The third-order valence-electron chi connectivity index (χ3n) is 8.25. The molecule has 0 amide bonds. The van der Waals surface area contributed by atoms with Crippen LogP contribution in [-0.2, 0) is 0 Å². The molecule has 3 heteroatoms. The molecule has 192 valence electrons. The van der Waals surface area contributed by atoms with E-state index < -0.39 is 0 Å². The Morgan fingerprint density at radius 3 is 2.00 bits per heavy atom. The summed E-state index contributed by atoms with van der Waals surface area (Å²) in [6.45, 7) is 9.54. The number of nitrogens with zero attached hydrogens (tertiary/aromatic N) is 3. The Kier molecular flexibility index (Phi) is 5.10. The zero-order valence-electron chi connectivity index (χ0n) is 22.5. The maximum atomic E-state index is 7.45. The van der Waals surface area contributed by atoms with E-state index in [-0.39, 0.29) is 0 Å². The maximum Gasteiger partial charge on any atom is 0.187 e. The van der Waals surface area contributed by atoms with Gasteiger partial charge in [0.25, 0.3) is 0 Å². The highest BCUT2D eigenvalue weighted by Crippen LogP contribution is 2.41. The van der Waals surface area contributed by atoms with E-state index in [9.17, 15) is 0 Å². The van der Waals surface area contributed by atoms with Crippen LogP contribution in [0, 0.1) is 13.5 Å². The number of benzene rings is 6. The SMILES string of the molecule is [C-]#[N+]c1ccc(-n2c3ccccc3c3c(-c4ccc5c6ccccc6n(-c6ccccc6)c5c4)cccc32)c(C)c1. The Morgan fingerprint density at radius 2 is 1.22 bits per heavy atom. The largest absolute Gasteiger partial charge is 0.309 e. The molecule has 0 aliphatic carbocycles. The van der Waals surface area contributed by atoms with Gasteiger partial charge in [-0.15, -0.1) is 0 Å². The molecule has 0 spiro atoms. The molecule has 0 saturated heterocycles. The van der Waals surface area contributed by atoms with E-state index in [1.165, 1.54) is 43.7 Å². The third-order valence-corrected chi connectivity index (χ3v) is 8.25. The number of hydrogen-bond donors (Lipinski definition) is 0. The summed E-state index contributed by atoms with van der Waals surface area (Å²) in [6, 6.07) is 47.4. The van der Waals surface area contributed by atoms with Crippen LogP contribution in [0.1, 0.15) is 5.56 Å². The van der Waals surface area contributed by atoms with Crippen LogP contribution >= 0.6 is 0 Å². The minimum Gasteiger partial charge on any atom is -0.309 e. The van der Waals surface area contributed by atoms with Crippen LogP contribution in [0.2, 0.25) is 0 Å². The van der Waals surface area contributed by atoms with Crippen LogP contribution in [0.15, 0.2) is 133 Å². The molecule has 8 aromatic rings. The lowest BCUT2D eigenvalue weighted by Crippen LogP contribution is -1.96. The van der Waals surface area contributed by atoms with E-state index in [4.69, 9.17) is 6.57 Å². The monoisotopic (exact) mass is 523 g/mol. The van der Waals surface area contributed by atoms with Gasteiger partial charge in [0, 0.05) is 32.9 Å². The smallest absolute Gasteiger partial charge is 0.187 e. The lowest BCUT2D eigenvalue weighted by Gasteiger charge is -2.12. The molecule has 0 fully saturated rings. The lowest BCUT2D eigenvalue weighted by molar-refractivity contribution is 1.15. The van der Waals surface area contributed by atoms with Crippen molar-refractivity contribution in [3.8, 4) is 22.5 Å². The van der Waals surface area contributed by atoms with Crippen molar-refractivity contribution in [2.75, 3.05) is 0 Å². The van der Waals surface area contributed by atoms with Gasteiger partial charge in [0.15, 0.2) is 5.69 Å². The van der Waals surface area contributed by atoms with E-state index >= 15 is 0 Å². The minimum atomic E-state index is 0.662. The summed E-state index contributed by atoms with van der Waals surface area (Å²) >= 11 is 0. The van der Waals surface area contributed by atoms with Gasteiger partial charge in [0.1, 0.15) is 0 Å². The number of aryl methyl sites for hydroxylation is 1. The van der Waals surface area contributed by atoms with Gasteiger partial charge < -0.3 is 9.13 Å². The van der Waals surface area contributed by atoms with Gasteiger partial charge in [-0.25, -0.2) is 4.85 Å². The van der Waals surface area contributed by atoms with Crippen LogP contribution in [0.3, 0.4) is 0 Å². The molecule has 0 aliphatic rings. The second-order valence-corrected chi connectivity index (χ2v) is 10.6. The predicted molar refractivity (Wildman–Crippen MR) is 172 cm³/mol. The van der Waals surface area contributed by atoms with Crippen LogP contribution in [-0.4, -0.2) is 9.13 Å². The van der Waals surface area contributed by atoms with Crippen LogP contribution in [0.25, 0.3) is 71.0 Å². The molecule has 2 aromatic heterocycles. The minimum absolute atomic E-state index is 0.662. The number of hydrogen-bond acceptors (Lipinski definition) is 0. The van der Waals surface area contributed by atoms with Crippen molar-refractivity contribution >= 4 is 49.3 Å². The standard InChI is InChI=1S/C38H25N3/c1-25-23-27(39-2)20-22-33(25)41-35-17-9-7-14-32(35)38-29(15-10-18-36(38)41)26-19-21-31-30-13-6-8-16-34(30)40(37(31)24-26)28-11-4-3-5-12-28/h3-24H,1H3. The van der Waals surface area contributed by atoms with Gasteiger partial charge in [-0.1, -0.05) is 91.0 Å². The average molecular weight is 524 g/mol. The fourth-order valence-corrected chi connectivity index (χ4v) is 6.47. The number of para-hydroxylation sites is 3. The fraction of sp³-hybridized carbons (Fsp3) is 0.0263. The van der Waals surface area contributed by atoms with Crippen molar-refractivity contribution < 1.29 is 0 Å². The zero-order chi connectivity index (χ0) is 27.5. The van der Waals surface area contributed by atoms with Crippen LogP contribution in [0.5, 0.6) is 0 Å². The number of rotatable bonds is 3. The molecule has 0 aliphatic heterocycles. The molecule has 6 aromatic carbocycles. The molecule has 2 heterocycles. The molecule has 0 atom stereocenters. The van der Waals surface area contributed by atoms with Crippen molar-refractivity contribution in [3.63, 3.8) is 0 Å². The highest BCUT2D eigenvalue weighted by Gasteiger charge is 2.18. The molecule has 0 saturated carbocycles. The molecule has 0 unspecified atom stereocenters. The van der Waals surface area contributed by atoms with Gasteiger partial charge in [0.05, 0.1) is 28.6 Å². The maximum absolute atomic E-state index is 7.45. The van der Waals surface area contributed by atoms with Crippen molar-refractivity contribution in [1.29, 1.82) is 0 Å². The van der Waals surface area contributed by atoms with Gasteiger partial charge >= 0.3 is 0 Å². The van der Waals surface area contributed by atoms with Crippen molar-refractivity contribution in [2.24, 2.45) is 0 Å². The Balaban J connectivity index is 1.44. The Labute approximate surface area is 238 Å². The highest BCUT2D eigenvalue weighted by molar-refractivity contribution is 6.17. The number of fused-ring (bicyclic) bond motifs is 6. The van der Waals surface area contributed by atoms with E-state index in [1.54, 1.807) is 0 Å². The lowest BCUT2D eigenvalue weighted by atomic mass is 9.98. The van der Waals surface area contributed by atoms with Gasteiger partial charge in [-0.2, -0.15) is 0 Å². The first-order chi connectivity index (χ1) is 20.2. The molecule has 3 nitrogen and oxygen atoms in total. The topological polar surface area (TPSA) is 14.2 Å². The van der Waals surface area contributed by atoms with E-state index in [0.717, 1.165) is 28.0 Å². The predicted octanol–water partition coefficient (Wildman–Crippen LogP) is 10.4. The first-order valence-electron chi connectivity index (χ1n) is 13.8. The molecule has 41 heavy (non-hydrogen) atoms. The van der Waals surface area contributed by atoms with Crippen molar-refractivity contribution in [1.82, 2.24) is 9.13 Å². The molecule has 0 N–H and O–H groups in total. The van der Waals surface area contributed by atoms with Crippen molar-refractivity contribution in [3.05, 3.63) is 150 Å². The quantitative estimate of drug-likeness (QED) is 0.205. The molecular formula is C38H25N3. The molecule has 0 bridgehead atoms. The van der Waals surface area contributed by atoms with Gasteiger partial charge in [0.2, 0.25) is 0 Å². The molecular weight excluding hydrogens is 498 g/mol. The van der Waals surface area contributed by atoms with Gasteiger partial charge in [-0.3, -0.25) is 0 Å². The summed E-state index contributed by atoms with van der Waals surface area (Å²) in [5.74, 6) is 0. The first kappa shape index (κ1) is 23.3. The Bertz CT molecular complexity index is 2330. The molecule has 0 radical (unpaired) electrons. The van der Waals surface area contributed by atoms with E-state index in [2.05, 4.69) is 142 Å². The van der Waals surface area contributed by atoms with Crippen LogP contribution < -0.4 is 0 Å². The summed E-state index contributed by atoms with van der Waals surface area (Å²) < 4.78 is 4.72. The molecule has 8 rings (SSSR count). The third kappa shape index (κ3) is 3.45. The average Bonchev–Trinajstić information content (AvgIpc) is 3.54.